The fraction of sp³-hybridized carbons (Fsp3) is 0.444. The van der Waals surface area contributed by atoms with Crippen LogP contribution >= 0.6 is 0 Å². The monoisotopic (exact) mass is 388 g/mol. The van der Waals surface area contributed by atoms with Gasteiger partial charge in [-0.05, 0) is 43.0 Å². The Labute approximate surface area is 156 Å². The molecule has 0 spiro atoms. The van der Waals surface area contributed by atoms with Gasteiger partial charge < -0.3 is 10.1 Å². The highest BCUT2D eigenvalue weighted by atomic mass is 32.2. The third-order valence-corrected chi connectivity index (χ3v) is 7.29. The molecule has 1 aromatic heterocycles. The fourth-order valence-electron chi connectivity index (χ4n) is 3.79. The summed E-state index contributed by atoms with van der Waals surface area (Å²) < 4.78 is 33.1. The predicted octanol–water partition coefficient (Wildman–Crippen LogP) is 1.41. The third kappa shape index (κ3) is 2.90. The van der Waals surface area contributed by atoms with Gasteiger partial charge in [0.05, 0.1) is 16.3 Å². The molecule has 0 unspecified atom stereocenters. The van der Waals surface area contributed by atoms with E-state index in [0.29, 0.717) is 43.3 Å². The summed E-state index contributed by atoms with van der Waals surface area (Å²) in [5.41, 5.74) is 3.77. The first kappa shape index (κ1) is 16.8. The molecule has 2 N–H and O–H groups in total. The topological polar surface area (TPSA) is 104 Å². The summed E-state index contributed by atoms with van der Waals surface area (Å²) in [6.07, 6.45) is 3.63. The van der Waals surface area contributed by atoms with Crippen LogP contribution in [0.1, 0.15) is 35.7 Å². The Kier molecular flexibility index (Phi) is 3.76. The van der Waals surface area contributed by atoms with Crippen LogP contribution in [0.25, 0.3) is 0 Å². The fourth-order valence-corrected chi connectivity index (χ4v) is 5.26. The minimum Gasteiger partial charge on any atom is -0.482 e. The standard InChI is InChI=1S/C18H20N4O4S/c23-17-10-26-16-4-3-12(9-15(16)19-17)27(24,25)22-7-5-13-14(6-8-22)20-21-18(13)11-1-2-11/h3-4,9,11H,1-2,5-8,10H2,(H,19,23)(H,20,21). The first-order valence-corrected chi connectivity index (χ1v) is 10.6. The van der Waals surface area contributed by atoms with E-state index in [9.17, 15) is 13.2 Å². The Hall–Kier alpha value is -2.39. The number of aromatic nitrogens is 2. The Balaban J connectivity index is 1.41. The zero-order chi connectivity index (χ0) is 18.6. The number of nitrogens with zero attached hydrogens (tertiary/aromatic N) is 2. The van der Waals surface area contributed by atoms with E-state index < -0.39 is 10.0 Å². The number of rotatable bonds is 3. The first-order chi connectivity index (χ1) is 13.0. The van der Waals surface area contributed by atoms with Crippen molar-refractivity contribution in [2.75, 3.05) is 25.0 Å². The number of hydrogen-bond acceptors (Lipinski definition) is 5. The van der Waals surface area contributed by atoms with E-state index in [-0.39, 0.29) is 17.4 Å². The Bertz CT molecular complexity index is 1030. The number of sulfonamides is 1. The van der Waals surface area contributed by atoms with E-state index in [1.165, 1.54) is 34.8 Å². The lowest BCUT2D eigenvalue weighted by molar-refractivity contribution is -0.118. The second-order valence-corrected chi connectivity index (χ2v) is 9.18. The van der Waals surface area contributed by atoms with Crippen molar-refractivity contribution in [1.82, 2.24) is 14.5 Å². The average molecular weight is 388 g/mol. The van der Waals surface area contributed by atoms with Gasteiger partial charge >= 0.3 is 0 Å². The number of aromatic amines is 1. The largest absolute Gasteiger partial charge is 0.482 e. The molecule has 0 atom stereocenters. The molecule has 1 aliphatic carbocycles. The van der Waals surface area contributed by atoms with Crippen LogP contribution in [0.15, 0.2) is 23.1 Å². The smallest absolute Gasteiger partial charge is 0.262 e. The molecule has 142 valence electrons. The molecule has 27 heavy (non-hydrogen) atoms. The maximum absolute atomic E-state index is 13.2. The van der Waals surface area contributed by atoms with Crippen molar-refractivity contribution in [2.45, 2.75) is 36.5 Å². The van der Waals surface area contributed by atoms with Crippen molar-refractivity contribution >= 4 is 21.6 Å². The van der Waals surface area contributed by atoms with Crippen LogP contribution < -0.4 is 10.1 Å². The van der Waals surface area contributed by atoms with Crippen molar-refractivity contribution in [3.63, 3.8) is 0 Å². The number of fused-ring (bicyclic) bond motifs is 2. The summed E-state index contributed by atoms with van der Waals surface area (Å²) in [6.45, 7) is 0.774. The Morgan fingerprint density at radius 1 is 1.19 bits per heavy atom. The molecule has 1 aromatic carbocycles. The zero-order valence-electron chi connectivity index (χ0n) is 14.7. The lowest BCUT2D eigenvalue weighted by Crippen LogP contribution is -2.33. The molecule has 5 rings (SSSR count). The van der Waals surface area contributed by atoms with Gasteiger partial charge in [0.25, 0.3) is 5.91 Å². The van der Waals surface area contributed by atoms with Gasteiger partial charge in [0.2, 0.25) is 10.0 Å². The number of hydrogen-bond donors (Lipinski definition) is 2. The maximum atomic E-state index is 13.2. The molecule has 8 nitrogen and oxygen atoms in total. The van der Waals surface area contributed by atoms with Crippen LogP contribution in [0.3, 0.4) is 0 Å². The quantitative estimate of drug-likeness (QED) is 0.827. The van der Waals surface area contributed by atoms with Crippen LogP contribution in [0, 0.1) is 0 Å². The third-order valence-electron chi connectivity index (χ3n) is 5.39. The van der Waals surface area contributed by atoms with Gasteiger partial charge in [-0.25, -0.2) is 8.42 Å². The molecule has 3 aliphatic rings. The lowest BCUT2D eigenvalue weighted by Gasteiger charge is -2.22. The van der Waals surface area contributed by atoms with Crippen molar-refractivity contribution in [2.24, 2.45) is 0 Å². The lowest BCUT2D eigenvalue weighted by atomic mass is 10.1. The first-order valence-electron chi connectivity index (χ1n) is 9.15. The minimum absolute atomic E-state index is 0.0552. The van der Waals surface area contributed by atoms with E-state index in [0.717, 1.165) is 11.4 Å². The summed E-state index contributed by atoms with van der Waals surface area (Å²) >= 11 is 0. The average Bonchev–Trinajstić information content (AvgIpc) is 3.45. The number of anilines is 1. The molecule has 1 amide bonds. The van der Waals surface area contributed by atoms with E-state index in [2.05, 4.69) is 15.5 Å². The maximum Gasteiger partial charge on any atom is 0.262 e. The SMILES string of the molecule is O=C1COc2ccc(S(=O)(=O)N3CCc4[nH]nc(C5CC5)c4CC3)cc2N1. The van der Waals surface area contributed by atoms with Gasteiger partial charge in [-0.2, -0.15) is 9.40 Å². The number of carbonyl (C=O) groups is 1. The van der Waals surface area contributed by atoms with Crippen molar-refractivity contribution in [3.05, 3.63) is 35.2 Å². The number of nitrogens with one attached hydrogen (secondary N) is 2. The van der Waals surface area contributed by atoms with Gasteiger partial charge in [-0.1, -0.05) is 0 Å². The summed E-state index contributed by atoms with van der Waals surface area (Å²) in [7, 11) is -3.66. The van der Waals surface area contributed by atoms with E-state index in [4.69, 9.17) is 4.74 Å². The number of benzene rings is 1. The number of carbonyl (C=O) groups excluding carboxylic acids is 1. The summed E-state index contributed by atoms with van der Waals surface area (Å²) in [5.74, 6) is 0.738. The molecule has 0 radical (unpaired) electrons. The van der Waals surface area contributed by atoms with Crippen LogP contribution in [-0.2, 0) is 27.7 Å². The van der Waals surface area contributed by atoms with Crippen molar-refractivity contribution in [1.29, 1.82) is 0 Å². The number of ether oxygens (including phenoxy) is 1. The molecule has 2 aliphatic heterocycles. The van der Waals surface area contributed by atoms with Gasteiger partial charge in [0.15, 0.2) is 6.61 Å². The van der Waals surface area contributed by atoms with E-state index in [1.54, 1.807) is 6.07 Å². The normalized spacial score (nSPS) is 20.2. The van der Waals surface area contributed by atoms with Crippen molar-refractivity contribution in [3.8, 4) is 5.75 Å². The molecule has 0 saturated heterocycles. The number of amides is 1. The van der Waals surface area contributed by atoms with Crippen LogP contribution in [0.5, 0.6) is 5.75 Å². The van der Waals surface area contributed by atoms with E-state index >= 15 is 0 Å². The Morgan fingerprint density at radius 2 is 2.00 bits per heavy atom. The Morgan fingerprint density at radius 3 is 2.81 bits per heavy atom. The van der Waals surface area contributed by atoms with Gasteiger partial charge in [-0.15, -0.1) is 0 Å². The van der Waals surface area contributed by atoms with Gasteiger partial charge in [-0.3, -0.25) is 9.89 Å². The zero-order valence-corrected chi connectivity index (χ0v) is 15.5. The van der Waals surface area contributed by atoms with E-state index in [1.807, 2.05) is 0 Å². The highest BCUT2D eigenvalue weighted by Gasteiger charge is 2.33. The minimum atomic E-state index is -3.66. The highest BCUT2D eigenvalue weighted by Crippen LogP contribution is 2.42. The molecule has 2 aromatic rings. The molecule has 0 bridgehead atoms. The highest BCUT2D eigenvalue weighted by molar-refractivity contribution is 7.89. The molecule has 3 heterocycles. The predicted molar refractivity (Wildman–Crippen MR) is 97.3 cm³/mol. The second kappa shape index (κ2) is 6.07. The molecular formula is C18H20N4O4S. The molecule has 1 fully saturated rings. The van der Waals surface area contributed by atoms with Crippen molar-refractivity contribution < 1.29 is 17.9 Å². The van der Waals surface area contributed by atoms with Gasteiger partial charge in [0.1, 0.15) is 5.75 Å². The van der Waals surface area contributed by atoms with Crippen LogP contribution in [0.4, 0.5) is 5.69 Å². The van der Waals surface area contributed by atoms with Crippen LogP contribution in [0.2, 0.25) is 0 Å². The molecular weight excluding hydrogens is 368 g/mol. The van der Waals surface area contributed by atoms with Gasteiger partial charge in [0, 0.05) is 31.1 Å². The summed E-state index contributed by atoms with van der Waals surface area (Å²) in [6, 6.07) is 4.60. The molecule has 9 heteroatoms. The second-order valence-electron chi connectivity index (χ2n) is 7.24. The van der Waals surface area contributed by atoms with Crippen LogP contribution in [-0.4, -0.2) is 48.5 Å². The summed E-state index contributed by atoms with van der Waals surface area (Å²) in [5, 5.41) is 10.2. The number of H-pyrrole nitrogens is 1. The molecule has 1 saturated carbocycles. The summed E-state index contributed by atoms with van der Waals surface area (Å²) in [4.78, 5) is 11.7.